The van der Waals surface area contributed by atoms with Gasteiger partial charge in [-0.25, -0.2) is 0 Å². The molecule has 12 heavy (non-hydrogen) atoms. The lowest BCUT2D eigenvalue weighted by Gasteiger charge is -2.12. The quantitative estimate of drug-likeness (QED) is 0.392. The monoisotopic (exact) mass is 176 g/mol. The first-order chi connectivity index (χ1) is 5.60. The smallest absolute Gasteiger partial charge is 0.0807 e. The van der Waals surface area contributed by atoms with Gasteiger partial charge in [0.1, 0.15) is 0 Å². The molecular formula is C8H16O4. The van der Waals surface area contributed by atoms with Crippen LogP contribution in [-0.4, -0.2) is 45.8 Å². The third-order valence-electron chi connectivity index (χ3n) is 1.47. The Labute approximate surface area is 71.8 Å². The summed E-state index contributed by atoms with van der Waals surface area (Å²) in [5, 5.41) is 34.9. The molecule has 0 aliphatic heterocycles. The van der Waals surface area contributed by atoms with Crippen molar-refractivity contribution in [1.82, 2.24) is 0 Å². The Morgan fingerprint density at radius 3 is 1.58 bits per heavy atom. The second-order valence-corrected chi connectivity index (χ2v) is 2.83. The summed E-state index contributed by atoms with van der Waals surface area (Å²) in [6.07, 6.45) is -1.12. The molecule has 0 saturated carbocycles. The summed E-state index contributed by atoms with van der Waals surface area (Å²) < 4.78 is 0. The molecule has 0 aliphatic rings. The highest BCUT2D eigenvalue weighted by Gasteiger charge is 2.08. The minimum atomic E-state index is -0.816. The molecule has 0 aromatic heterocycles. The maximum Gasteiger partial charge on any atom is 0.0807 e. The molecule has 0 aromatic rings. The van der Waals surface area contributed by atoms with Gasteiger partial charge in [-0.2, -0.15) is 0 Å². The fourth-order valence-corrected chi connectivity index (χ4v) is 0.879. The van der Waals surface area contributed by atoms with Gasteiger partial charge in [0, 0.05) is 0 Å². The highest BCUT2D eigenvalue weighted by Crippen LogP contribution is 2.09. The summed E-state index contributed by atoms with van der Waals surface area (Å²) in [6.45, 7) is 2.97. The van der Waals surface area contributed by atoms with E-state index in [4.69, 9.17) is 20.4 Å². The molecule has 0 radical (unpaired) electrons. The molecule has 2 atom stereocenters. The lowest BCUT2D eigenvalue weighted by Crippen LogP contribution is -2.17. The lowest BCUT2D eigenvalue weighted by molar-refractivity contribution is 0.0812. The summed E-state index contributed by atoms with van der Waals surface area (Å²) in [4.78, 5) is 0. The SMILES string of the molecule is C=C(CC(O)CO)CC(O)CO. The van der Waals surface area contributed by atoms with Gasteiger partial charge in [0.05, 0.1) is 25.4 Å². The third-order valence-corrected chi connectivity index (χ3v) is 1.47. The first-order valence-corrected chi connectivity index (χ1v) is 3.84. The summed E-state index contributed by atoms with van der Waals surface area (Å²) in [6, 6.07) is 0. The van der Waals surface area contributed by atoms with Crippen molar-refractivity contribution >= 4 is 0 Å². The van der Waals surface area contributed by atoms with E-state index in [2.05, 4.69) is 6.58 Å². The van der Waals surface area contributed by atoms with Crippen LogP contribution >= 0.6 is 0 Å². The van der Waals surface area contributed by atoms with Gasteiger partial charge in [-0.05, 0) is 12.8 Å². The van der Waals surface area contributed by atoms with Gasteiger partial charge < -0.3 is 20.4 Å². The van der Waals surface area contributed by atoms with Crippen molar-refractivity contribution < 1.29 is 20.4 Å². The molecule has 2 unspecified atom stereocenters. The Morgan fingerprint density at radius 1 is 1.00 bits per heavy atom. The molecule has 0 spiro atoms. The molecule has 0 bridgehead atoms. The fraction of sp³-hybridized carbons (Fsp3) is 0.750. The second kappa shape index (κ2) is 6.14. The number of aliphatic hydroxyl groups is 4. The Hall–Kier alpha value is -0.420. The molecule has 72 valence electrons. The average Bonchev–Trinajstić information content (AvgIpc) is 2.03. The average molecular weight is 176 g/mol. The highest BCUT2D eigenvalue weighted by atomic mass is 16.3. The molecule has 0 rings (SSSR count). The first kappa shape index (κ1) is 11.6. The van der Waals surface area contributed by atoms with Crippen molar-refractivity contribution in [2.24, 2.45) is 0 Å². The van der Waals surface area contributed by atoms with Crippen LogP contribution in [0.5, 0.6) is 0 Å². The number of hydrogen-bond donors (Lipinski definition) is 4. The molecule has 0 aromatic carbocycles. The van der Waals surface area contributed by atoms with Crippen LogP contribution in [0.1, 0.15) is 12.8 Å². The summed E-state index contributed by atoms with van der Waals surface area (Å²) in [7, 11) is 0. The summed E-state index contributed by atoms with van der Waals surface area (Å²) >= 11 is 0. The van der Waals surface area contributed by atoms with Crippen molar-refractivity contribution in [3.63, 3.8) is 0 Å². The van der Waals surface area contributed by atoms with Crippen molar-refractivity contribution in [2.45, 2.75) is 25.0 Å². The number of hydrogen-bond acceptors (Lipinski definition) is 4. The maximum absolute atomic E-state index is 8.96. The minimum Gasteiger partial charge on any atom is -0.394 e. The zero-order valence-electron chi connectivity index (χ0n) is 6.98. The summed E-state index contributed by atoms with van der Waals surface area (Å²) in [5.41, 5.74) is 0.623. The van der Waals surface area contributed by atoms with Gasteiger partial charge in [-0.1, -0.05) is 12.2 Å². The van der Waals surface area contributed by atoms with Crippen LogP contribution in [0.2, 0.25) is 0 Å². The Morgan fingerprint density at radius 2 is 1.33 bits per heavy atom. The zero-order valence-corrected chi connectivity index (χ0v) is 6.98. The van der Waals surface area contributed by atoms with Crippen LogP contribution in [0.15, 0.2) is 12.2 Å². The van der Waals surface area contributed by atoms with Crippen LogP contribution in [0.4, 0.5) is 0 Å². The van der Waals surface area contributed by atoms with E-state index in [0.29, 0.717) is 5.57 Å². The van der Waals surface area contributed by atoms with E-state index in [-0.39, 0.29) is 26.1 Å². The van der Waals surface area contributed by atoms with E-state index >= 15 is 0 Å². The molecule has 0 aliphatic carbocycles. The molecule has 4 nitrogen and oxygen atoms in total. The molecule has 0 fully saturated rings. The van der Waals surface area contributed by atoms with Crippen LogP contribution in [-0.2, 0) is 0 Å². The van der Waals surface area contributed by atoms with Crippen LogP contribution in [0, 0.1) is 0 Å². The fourth-order valence-electron chi connectivity index (χ4n) is 0.879. The molecule has 0 amide bonds. The van der Waals surface area contributed by atoms with Gasteiger partial charge in [0.25, 0.3) is 0 Å². The second-order valence-electron chi connectivity index (χ2n) is 2.83. The summed E-state index contributed by atoms with van der Waals surface area (Å²) in [5.74, 6) is 0. The largest absolute Gasteiger partial charge is 0.394 e. The van der Waals surface area contributed by atoms with E-state index in [0.717, 1.165) is 0 Å². The standard InChI is InChI=1S/C8H16O4/c1-6(2-7(11)4-9)3-8(12)5-10/h7-12H,1-5H2. The van der Waals surface area contributed by atoms with Gasteiger partial charge in [-0.15, -0.1) is 0 Å². The van der Waals surface area contributed by atoms with E-state index in [1.54, 1.807) is 0 Å². The molecule has 0 heterocycles. The van der Waals surface area contributed by atoms with E-state index < -0.39 is 12.2 Å². The first-order valence-electron chi connectivity index (χ1n) is 3.84. The minimum absolute atomic E-state index is 0.258. The molecule has 4 N–H and O–H groups in total. The van der Waals surface area contributed by atoms with E-state index in [1.807, 2.05) is 0 Å². The van der Waals surface area contributed by atoms with Crippen LogP contribution < -0.4 is 0 Å². The predicted octanol–water partition coefficient (Wildman–Crippen LogP) is -0.971. The molecular weight excluding hydrogens is 160 g/mol. The van der Waals surface area contributed by atoms with Gasteiger partial charge in [0.2, 0.25) is 0 Å². The Kier molecular flexibility index (Phi) is 5.92. The van der Waals surface area contributed by atoms with Gasteiger partial charge >= 0.3 is 0 Å². The van der Waals surface area contributed by atoms with Crippen molar-refractivity contribution in [3.05, 3.63) is 12.2 Å². The normalized spacial score (nSPS) is 15.7. The molecule has 0 saturated heterocycles. The van der Waals surface area contributed by atoms with Crippen molar-refractivity contribution in [1.29, 1.82) is 0 Å². The van der Waals surface area contributed by atoms with Crippen LogP contribution in [0.25, 0.3) is 0 Å². The van der Waals surface area contributed by atoms with Crippen molar-refractivity contribution in [3.8, 4) is 0 Å². The highest BCUT2D eigenvalue weighted by molar-refractivity contribution is 4.97. The van der Waals surface area contributed by atoms with Crippen LogP contribution in [0.3, 0.4) is 0 Å². The topological polar surface area (TPSA) is 80.9 Å². The Bertz CT molecular complexity index is 121. The number of aliphatic hydroxyl groups excluding tert-OH is 4. The van der Waals surface area contributed by atoms with Crippen molar-refractivity contribution in [2.75, 3.05) is 13.2 Å². The van der Waals surface area contributed by atoms with E-state index in [9.17, 15) is 0 Å². The number of rotatable bonds is 6. The Balaban J connectivity index is 3.59. The third kappa shape index (κ3) is 5.26. The van der Waals surface area contributed by atoms with Gasteiger partial charge in [-0.3, -0.25) is 0 Å². The van der Waals surface area contributed by atoms with E-state index in [1.165, 1.54) is 0 Å². The maximum atomic E-state index is 8.96. The predicted molar refractivity (Wildman–Crippen MR) is 44.6 cm³/mol. The zero-order chi connectivity index (χ0) is 9.56. The lowest BCUT2D eigenvalue weighted by atomic mass is 10.0. The molecule has 4 heteroatoms. The van der Waals surface area contributed by atoms with Gasteiger partial charge in [0.15, 0.2) is 0 Å².